The lowest BCUT2D eigenvalue weighted by Gasteiger charge is -2.37. The first-order valence-corrected chi connectivity index (χ1v) is 13.5. The molecule has 5 rings (SSSR count). The monoisotopic (exact) mass is 550 g/mol. The number of nitrogens with zero attached hydrogens (tertiary/aromatic N) is 1. The lowest BCUT2D eigenvalue weighted by atomic mass is 9.76. The van der Waals surface area contributed by atoms with Gasteiger partial charge in [-0.1, -0.05) is 24.3 Å². The van der Waals surface area contributed by atoms with Crippen LogP contribution >= 0.6 is 0 Å². The van der Waals surface area contributed by atoms with E-state index in [1.54, 1.807) is 18.2 Å². The van der Waals surface area contributed by atoms with E-state index in [1.165, 1.54) is 12.1 Å². The van der Waals surface area contributed by atoms with Crippen LogP contribution < -0.4 is 14.8 Å². The van der Waals surface area contributed by atoms with Gasteiger partial charge in [0, 0.05) is 24.6 Å². The summed E-state index contributed by atoms with van der Waals surface area (Å²) >= 11 is 0. The van der Waals surface area contributed by atoms with Gasteiger partial charge in [-0.15, -0.1) is 0 Å². The Labute approximate surface area is 232 Å². The highest BCUT2D eigenvalue weighted by Gasteiger charge is 2.31. The summed E-state index contributed by atoms with van der Waals surface area (Å²) in [5, 5.41) is 2.75. The van der Waals surface area contributed by atoms with Gasteiger partial charge in [-0.05, 0) is 72.4 Å². The molecule has 1 saturated heterocycles. The van der Waals surface area contributed by atoms with Gasteiger partial charge < -0.3 is 24.4 Å². The minimum absolute atomic E-state index is 0.0240. The highest BCUT2D eigenvalue weighted by molar-refractivity contribution is 5.99. The van der Waals surface area contributed by atoms with E-state index in [2.05, 4.69) is 5.32 Å². The van der Waals surface area contributed by atoms with Crippen LogP contribution in [0.15, 0.2) is 66.7 Å². The molecule has 0 spiro atoms. The number of nitrogens with one attached hydrogen (secondary N) is 1. The van der Waals surface area contributed by atoms with Crippen molar-refractivity contribution in [3.05, 3.63) is 89.2 Å². The molecular weight excluding hydrogens is 518 g/mol. The Hall–Kier alpha value is -3.98. The summed E-state index contributed by atoms with van der Waals surface area (Å²) < 4.78 is 42.1. The minimum atomic E-state index is -0.518. The average molecular weight is 551 g/mol. The number of hydrogen-bond acceptors (Lipinski definition) is 5. The van der Waals surface area contributed by atoms with Crippen LogP contribution in [0.4, 0.5) is 14.5 Å². The number of halogens is 2. The number of carbonyl (C=O) groups is 2. The largest absolute Gasteiger partial charge is 0.491 e. The zero-order chi connectivity index (χ0) is 27.9. The smallest absolute Gasteiger partial charge is 0.262 e. The zero-order valence-electron chi connectivity index (χ0n) is 22.1. The van der Waals surface area contributed by atoms with Gasteiger partial charge in [0.2, 0.25) is 0 Å². The van der Waals surface area contributed by atoms with Crippen molar-refractivity contribution in [2.75, 3.05) is 51.5 Å². The van der Waals surface area contributed by atoms with Crippen molar-refractivity contribution >= 4 is 17.5 Å². The third kappa shape index (κ3) is 6.59. The number of fused-ring (bicyclic) bond motifs is 1. The van der Waals surface area contributed by atoms with Crippen LogP contribution in [0.25, 0.3) is 0 Å². The molecule has 1 N–H and O–H groups in total. The summed E-state index contributed by atoms with van der Waals surface area (Å²) in [5.41, 5.74) is 3.12. The van der Waals surface area contributed by atoms with Gasteiger partial charge in [-0.25, -0.2) is 8.78 Å². The number of amides is 2. The molecule has 0 bridgehead atoms. The summed E-state index contributed by atoms with van der Waals surface area (Å²) in [6.07, 6.45) is 1.56. The third-order valence-electron chi connectivity index (χ3n) is 7.34. The van der Waals surface area contributed by atoms with E-state index in [0.29, 0.717) is 49.1 Å². The van der Waals surface area contributed by atoms with Gasteiger partial charge in [-0.2, -0.15) is 0 Å². The molecule has 3 aromatic rings. The van der Waals surface area contributed by atoms with Crippen molar-refractivity contribution < 1.29 is 32.6 Å². The molecule has 7 nitrogen and oxygen atoms in total. The normalized spacial score (nSPS) is 16.1. The van der Waals surface area contributed by atoms with Crippen molar-refractivity contribution in [1.82, 2.24) is 4.90 Å². The predicted octanol–water partition coefficient (Wildman–Crippen LogP) is 5.21. The van der Waals surface area contributed by atoms with Crippen molar-refractivity contribution in [2.24, 2.45) is 5.92 Å². The van der Waals surface area contributed by atoms with Crippen LogP contribution in [0.3, 0.4) is 0 Å². The molecule has 0 unspecified atom stereocenters. The topological polar surface area (TPSA) is 77.1 Å². The standard InChI is InChI=1S/C31H32F2N2O5/c32-13-16-38-17-18-39-26-8-3-22(4-9-26)30(21-1-6-25(33)7-2-21)23-11-14-35(15-12-23)31(37)24-5-10-28-27(19-24)34-29(36)20-40-28/h1-10,19,23,30H,11-18,20H2,(H,34,36)/t30-/m1/s1. The Kier molecular flexibility index (Phi) is 8.91. The fourth-order valence-electron chi connectivity index (χ4n) is 5.39. The number of anilines is 1. The van der Waals surface area contributed by atoms with Crippen molar-refractivity contribution in [3.63, 3.8) is 0 Å². The Balaban J connectivity index is 1.26. The molecule has 2 heterocycles. The maximum Gasteiger partial charge on any atom is 0.262 e. The van der Waals surface area contributed by atoms with Crippen LogP contribution in [0.2, 0.25) is 0 Å². The Morgan fingerprint density at radius 1 is 0.975 bits per heavy atom. The Morgan fingerprint density at radius 2 is 1.68 bits per heavy atom. The molecule has 0 aliphatic carbocycles. The molecule has 0 aromatic heterocycles. The predicted molar refractivity (Wildman–Crippen MR) is 146 cm³/mol. The number of rotatable bonds is 10. The number of hydrogen-bond donors (Lipinski definition) is 1. The van der Waals surface area contributed by atoms with E-state index in [9.17, 15) is 18.4 Å². The van der Waals surface area contributed by atoms with Crippen LogP contribution in [0, 0.1) is 11.7 Å². The SMILES string of the molecule is O=C1COc2ccc(C(=O)N3CCC([C@H](c4ccc(F)cc4)c4ccc(OCCOCCF)cc4)CC3)cc2N1. The maximum absolute atomic E-state index is 13.7. The summed E-state index contributed by atoms with van der Waals surface area (Å²) in [6.45, 7) is 1.33. The molecule has 0 saturated carbocycles. The number of benzene rings is 3. The molecule has 2 aliphatic rings. The summed E-state index contributed by atoms with van der Waals surface area (Å²) in [4.78, 5) is 26.8. The van der Waals surface area contributed by atoms with E-state index >= 15 is 0 Å². The molecule has 210 valence electrons. The second-order valence-corrected chi connectivity index (χ2v) is 9.93. The van der Waals surface area contributed by atoms with E-state index in [-0.39, 0.29) is 42.7 Å². The van der Waals surface area contributed by atoms with Crippen LogP contribution in [0.1, 0.15) is 40.2 Å². The Morgan fingerprint density at radius 3 is 2.38 bits per heavy atom. The summed E-state index contributed by atoms with van der Waals surface area (Å²) in [7, 11) is 0. The highest BCUT2D eigenvalue weighted by Crippen LogP contribution is 2.39. The number of carbonyl (C=O) groups excluding carboxylic acids is 2. The molecule has 40 heavy (non-hydrogen) atoms. The lowest BCUT2D eigenvalue weighted by molar-refractivity contribution is -0.118. The summed E-state index contributed by atoms with van der Waals surface area (Å²) in [6, 6.07) is 19.6. The lowest BCUT2D eigenvalue weighted by Crippen LogP contribution is -2.40. The maximum atomic E-state index is 13.7. The van der Waals surface area contributed by atoms with E-state index < -0.39 is 6.67 Å². The van der Waals surface area contributed by atoms with E-state index in [4.69, 9.17) is 14.2 Å². The molecule has 2 aliphatic heterocycles. The molecule has 3 aromatic carbocycles. The number of likely N-dealkylation sites (tertiary alicyclic amines) is 1. The molecular formula is C31H32F2N2O5. The average Bonchev–Trinajstić information content (AvgIpc) is 2.98. The number of piperidine rings is 1. The highest BCUT2D eigenvalue weighted by atomic mass is 19.1. The quantitative estimate of drug-likeness (QED) is 0.351. The third-order valence-corrected chi connectivity index (χ3v) is 7.34. The summed E-state index contributed by atoms with van der Waals surface area (Å²) in [5.74, 6) is 0.898. The second kappa shape index (κ2) is 12.9. The first-order chi connectivity index (χ1) is 19.5. The minimum Gasteiger partial charge on any atom is -0.491 e. The molecule has 1 atom stereocenters. The molecule has 0 radical (unpaired) electrons. The first-order valence-electron chi connectivity index (χ1n) is 13.5. The van der Waals surface area contributed by atoms with Gasteiger partial charge in [-0.3, -0.25) is 9.59 Å². The van der Waals surface area contributed by atoms with Gasteiger partial charge >= 0.3 is 0 Å². The first kappa shape index (κ1) is 27.6. The molecule has 2 amide bonds. The van der Waals surface area contributed by atoms with E-state index in [1.807, 2.05) is 41.3 Å². The van der Waals surface area contributed by atoms with Crippen LogP contribution in [-0.4, -0.2) is 62.9 Å². The van der Waals surface area contributed by atoms with Gasteiger partial charge in [0.05, 0.1) is 18.9 Å². The second-order valence-electron chi connectivity index (χ2n) is 9.93. The van der Waals surface area contributed by atoms with Crippen molar-refractivity contribution in [2.45, 2.75) is 18.8 Å². The van der Waals surface area contributed by atoms with Crippen molar-refractivity contribution in [3.8, 4) is 11.5 Å². The van der Waals surface area contributed by atoms with Crippen molar-refractivity contribution in [1.29, 1.82) is 0 Å². The van der Waals surface area contributed by atoms with Gasteiger partial charge in [0.1, 0.15) is 30.6 Å². The van der Waals surface area contributed by atoms with Gasteiger partial charge in [0.15, 0.2) is 6.61 Å². The Bertz CT molecular complexity index is 1310. The van der Waals surface area contributed by atoms with E-state index in [0.717, 1.165) is 24.0 Å². The molecule has 1 fully saturated rings. The fourth-order valence-corrected chi connectivity index (χ4v) is 5.39. The van der Waals surface area contributed by atoms with Crippen LogP contribution in [-0.2, 0) is 9.53 Å². The number of alkyl halides is 1. The number of ether oxygens (including phenoxy) is 3. The fraction of sp³-hybridized carbons (Fsp3) is 0.355. The van der Waals surface area contributed by atoms with Crippen LogP contribution in [0.5, 0.6) is 11.5 Å². The molecule has 9 heteroatoms. The van der Waals surface area contributed by atoms with Gasteiger partial charge in [0.25, 0.3) is 11.8 Å². The zero-order valence-corrected chi connectivity index (χ0v) is 22.1.